The first kappa shape index (κ1) is 92.7. The largest absolute Gasteiger partial charge is 0.479 e. The van der Waals surface area contributed by atoms with Crippen molar-refractivity contribution >= 4 is 29.7 Å². The first-order valence-corrected chi connectivity index (χ1v) is 34.1. The summed E-state index contributed by atoms with van der Waals surface area (Å²) in [5, 5.41) is 86.5. The second-order valence-electron chi connectivity index (χ2n) is 33.1. The monoisotopic (exact) mass is 1360 g/mol. The van der Waals surface area contributed by atoms with E-state index in [1.165, 1.54) is 13.8 Å². The molecule has 0 aromatic heterocycles. The topological polar surface area (TPSA) is 267 Å². The summed E-state index contributed by atoms with van der Waals surface area (Å²) in [6, 6.07) is 51.4. The van der Waals surface area contributed by atoms with Gasteiger partial charge in [0.2, 0.25) is 5.60 Å². The second-order valence-corrected chi connectivity index (χ2v) is 33.1. The number of Topliss-reactive ketones (excluding diaryl/α,β-unsaturated/α-hetero) is 1. The Labute approximate surface area is 589 Å². The molecule has 8 rings (SSSR count). The van der Waals surface area contributed by atoms with Gasteiger partial charge in [0.05, 0.1) is 0 Å². The number of rotatable bonds is 13. The molecule has 0 amide bonds. The number of benzene rings is 6. The highest BCUT2D eigenvalue weighted by Crippen LogP contribution is 2.42. The molecule has 2 aliphatic carbocycles. The van der Waals surface area contributed by atoms with Crippen LogP contribution in [0, 0.1) is 38.9 Å². The number of carboxylic acids is 4. The summed E-state index contributed by atoms with van der Waals surface area (Å²) in [6.45, 7) is 46.6. The minimum Gasteiger partial charge on any atom is -0.479 e. The molecule has 0 radical (unpaired) electrons. The number of aliphatic hydroxyl groups excluding tert-OH is 1. The molecule has 0 spiro atoms. The van der Waals surface area contributed by atoms with E-state index in [-0.39, 0.29) is 17.6 Å². The Hall–Kier alpha value is -7.33. The summed E-state index contributed by atoms with van der Waals surface area (Å²) in [7, 11) is 0. The zero-order chi connectivity index (χ0) is 76.2. The van der Waals surface area contributed by atoms with Crippen molar-refractivity contribution in [2.75, 3.05) is 0 Å². The fourth-order valence-electron chi connectivity index (χ4n) is 8.83. The number of carbonyl (C=O) groups is 5. The van der Waals surface area contributed by atoms with Crippen LogP contribution >= 0.6 is 0 Å². The molecule has 2 saturated carbocycles. The fraction of sp³-hybridized carbons (Fsp3) is 0.512. The minimum absolute atomic E-state index is 0.160. The lowest BCUT2D eigenvalue weighted by atomic mass is 9.73. The van der Waals surface area contributed by atoms with E-state index in [4.69, 9.17) is 10.2 Å². The third-order valence-electron chi connectivity index (χ3n) is 13.3. The number of carbonyl (C=O) groups excluding carboxylic acids is 1. The standard InChI is InChI=1S/C14H18O3.C14H12O3.C13H16O3.C10H12O2.C8H8O3.5C5H12/c2*15-13(16)14(17,11-7-3-1-4-8-11)12-9-5-2-6-10-12;14-12(15)13(16,11-8-4-5-9-11)10-6-2-1-3-7-10;1-8(11)10(2,12)9-6-4-3-5-7-9;9-7(8(10)11)6-4-2-1-3-5-6;5*1-5(2,3)4/h1,3-4,7-8,12,17H,2,5-6,9-10H2,(H,15,16);1-10,17H,(H,15,16);1-3,6-7,11,16H,4-5,8-9H2,(H,14,15);3-7,12H,1-2H3;1-5,7,9H,(H,10,11);5*1-4H3. The van der Waals surface area contributed by atoms with Gasteiger partial charge in [-0.3, -0.25) is 4.79 Å². The van der Waals surface area contributed by atoms with Crippen LogP contribution in [-0.4, -0.2) is 75.6 Å². The highest BCUT2D eigenvalue weighted by atomic mass is 16.4. The molecular weight excluding hydrogens is 1230 g/mol. The first-order valence-electron chi connectivity index (χ1n) is 34.1. The Morgan fingerprint density at radius 1 is 0.316 bits per heavy atom. The zero-order valence-corrected chi connectivity index (χ0v) is 63.5. The first-order chi connectivity index (χ1) is 44.7. The second kappa shape index (κ2) is 43.3. The van der Waals surface area contributed by atoms with Crippen molar-refractivity contribution < 1.29 is 69.9 Å². The lowest BCUT2D eigenvalue weighted by Gasteiger charge is -2.35. The molecular formula is C84H126O14. The molecule has 9 N–H and O–H groups in total. The molecule has 98 heavy (non-hydrogen) atoms. The summed E-state index contributed by atoms with van der Waals surface area (Å²) in [5.74, 6) is -5.34. The van der Waals surface area contributed by atoms with Gasteiger partial charge in [0.1, 0.15) is 5.60 Å². The normalized spacial score (nSPS) is 15.2. The van der Waals surface area contributed by atoms with E-state index in [9.17, 15) is 59.7 Å². The lowest BCUT2D eigenvalue weighted by molar-refractivity contribution is -0.168. The van der Waals surface area contributed by atoms with Gasteiger partial charge in [0.15, 0.2) is 23.1 Å². The molecule has 6 aromatic carbocycles. The van der Waals surface area contributed by atoms with Crippen molar-refractivity contribution in [2.24, 2.45) is 38.9 Å². The summed E-state index contributed by atoms with van der Waals surface area (Å²) in [4.78, 5) is 55.5. The number of aliphatic hydroxyl groups is 5. The van der Waals surface area contributed by atoms with Gasteiger partial charge in [0, 0.05) is 11.8 Å². The number of ketones is 1. The molecule has 4 atom stereocenters. The average Bonchev–Trinajstić information content (AvgIpc) is 0.986. The van der Waals surface area contributed by atoms with Gasteiger partial charge in [-0.1, -0.05) is 353 Å². The van der Waals surface area contributed by atoms with E-state index < -0.39 is 52.4 Å². The van der Waals surface area contributed by atoms with Crippen LogP contribution in [0.3, 0.4) is 0 Å². The number of aliphatic carboxylic acids is 4. The van der Waals surface area contributed by atoms with Crippen LogP contribution in [0.1, 0.15) is 250 Å². The van der Waals surface area contributed by atoms with Crippen molar-refractivity contribution in [1.29, 1.82) is 0 Å². The Bertz CT molecular complexity index is 2980. The van der Waals surface area contributed by atoms with Crippen LogP contribution in [0.15, 0.2) is 182 Å². The van der Waals surface area contributed by atoms with E-state index in [1.807, 2.05) is 18.2 Å². The van der Waals surface area contributed by atoms with Gasteiger partial charge in [0.25, 0.3) is 0 Å². The van der Waals surface area contributed by atoms with Crippen LogP contribution in [0.4, 0.5) is 0 Å². The van der Waals surface area contributed by atoms with Crippen LogP contribution in [0.25, 0.3) is 0 Å². The molecule has 0 bridgehead atoms. The van der Waals surface area contributed by atoms with E-state index in [0.29, 0.717) is 60.5 Å². The molecule has 14 heteroatoms. The maximum atomic E-state index is 11.5. The molecule has 0 heterocycles. The quantitative estimate of drug-likeness (QED) is 0.0521. The van der Waals surface area contributed by atoms with E-state index in [1.54, 1.807) is 164 Å². The van der Waals surface area contributed by atoms with Crippen molar-refractivity contribution in [3.8, 4) is 0 Å². The van der Waals surface area contributed by atoms with Crippen molar-refractivity contribution in [3.63, 3.8) is 0 Å². The third kappa shape index (κ3) is 40.5. The van der Waals surface area contributed by atoms with E-state index >= 15 is 0 Å². The van der Waals surface area contributed by atoms with Gasteiger partial charge in [-0.25, -0.2) is 19.2 Å². The molecule has 4 unspecified atom stereocenters. The number of hydrogen-bond donors (Lipinski definition) is 9. The van der Waals surface area contributed by atoms with Gasteiger partial charge in [-0.15, -0.1) is 0 Å². The lowest BCUT2D eigenvalue weighted by Crippen LogP contribution is -2.43. The van der Waals surface area contributed by atoms with E-state index in [2.05, 4.69) is 138 Å². The Kier molecular flexibility index (Phi) is 40.9. The van der Waals surface area contributed by atoms with Crippen LogP contribution in [-0.2, 0) is 46.4 Å². The number of hydrogen-bond acceptors (Lipinski definition) is 10. The molecule has 2 aliphatic rings. The number of carboxylic acid groups (broad SMARTS) is 4. The highest BCUT2D eigenvalue weighted by molar-refractivity contribution is 5.85. The summed E-state index contributed by atoms with van der Waals surface area (Å²) < 4.78 is 0. The summed E-state index contributed by atoms with van der Waals surface area (Å²) >= 11 is 0. The van der Waals surface area contributed by atoms with Gasteiger partial charge in [-0.2, -0.15) is 0 Å². The summed E-state index contributed by atoms with van der Waals surface area (Å²) in [5.41, 5.74) is -1.55. The Morgan fingerprint density at radius 2 is 0.520 bits per heavy atom. The van der Waals surface area contributed by atoms with Crippen molar-refractivity contribution in [3.05, 3.63) is 215 Å². The fourth-order valence-corrected chi connectivity index (χ4v) is 8.83. The molecule has 2 fully saturated rings. The zero-order valence-electron chi connectivity index (χ0n) is 63.5. The molecule has 14 nitrogen and oxygen atoms in total. The summed E-state index contributed by atoms with van der Waals surface area (Å²) in [6.07, 6.45) is 6.92. The predicted molar refractivity (Wildman–Crippen MR) is 399 cm³/mol. The third-order valence-corrected chi connectivity index (χ3v) is 13.3. The maximum absolute atomic E-state index is 11.5. The molecule has 0 saturated heterocycles. The Balaban J connectivity index is 0. The van der Waals surface area contributed by atoms with Crippen LogP contribution in [0.2, 0.25) is 0 Å². The van der Waals surface area contributed by atoms with Crippen LogP contribution < -0.4 is 0 Å². The van der Waals surface area contributed by atoms with Crippen molar-refractivity contribution in [2.45, 2.75) is 239 Å². The maximum Gasteiger partial charge on any atom is 0.345 e. The molecule has 6 aromatic rings. The highest BCUT2D eigenvalue weighted by Gasteiger charge is 2.47. The SMILES string of the molecule is CC(=O)C(C)(O)c1ccccc1.CC(C)(C)C.CC(C)(C)C.CC(C)(C)C.CC(C)(C)C.CC(C)(C)C.O=C(O)C(O)(c1ccccc1)C1CCCC1.O=C(O)C(O)(c1ccccc1)C1CCCCC1.O=C(O)C(O)(c1ccccc1)c1ccccc1.O=C(O)C(O)c1ccccc1. The van der Waals surface area contributed by atoms with Crippen LogP contribution in [0.5, 0.6) is 0 Å². The Morgan fingerprint density at radius 3 is 0.724 bits per heavy atom. The smallest absolute Gasteiger partial charge is 0.345 e. The molecule has 0 aliphatic heterocycles. The minimum atomic E-state index is -2.00. The average molecular weight is 1360 g/mol. The van der Waals surface area contributed by atoms with Gasteiger partial charge < -0.3 is 46.0 Å². The van der Waals surface area contributed by atoms with Crippen molar-refractivity contribution in [1.82, 2.24) is 0 Å². The van der Waals surface area contributed by atoms with E-state index in [0.717, 1.165) is 57.8 Å². The van der Waals surface area contributed by atoms with Gasteiger partial charge >= 0.3 is 23.9 Å². The molecule has 546 valence electrons. The van der Waals surface area contributed by atoms with Gasteiger partial charge in [-0.05, 0) is 100.0 Å². The predicted octanol–water partition coefficient (Wildman–Crippen LogP) is 19.2.